The average Bonchev–Trinajstić information content (AvgIpc) is 3.35. The number of rotatable bonds is 7. The molecular formula is C29H31BrCl2N4O4. The lowest BCUT2D eigenvalue weighted by Gasteiger charge is -2.48. The van der Waals surface area contributed by atoms with Gasteiger partial charge in [-0.1, -0.05) is 70.5 Å². The number of aromatic nitrogens is 1. The lowest BCUT2D eigenvalue weighted by molar-refractivity contribution is -0.150. The van der Waals surface area contributed by atoms with Crippen molar-refractivity contribution in [3.63, 3.8) is 0 Å². The molecule has 2 heterocycles. The van der Waals surface area contributed by atoms with E-state index >= 15 is 0 Å². The Labute approximate surface area is 252 Å². The zero-order valence-electron chi connectivity index (χ0n) is 22.2. The summed E-state index contributed by atoms with van der Waals surface area (Å²) in [5.41, 5.74) is 1.76. The summed E-state index contributed by atoms with van der Waals surface area (Å²) in [5.74, 6) is -0.655. The molecule has 1 spiro atoms. The molecule has 40 heavy (non-hydrogen) atoms. The number of carbonyl (C=O) groups excluding carboxylic acids is 3. The minimum absolute atomic E-state index is 0.148. The Balaban J connectivity index is 1.34. The van der Waals surface area contributed by atoms with E-state index in [1.54, 1.807) is 12.1 Å². The molecule has 3 atom stereocenters. The average molecular weight is 650 g/mol. The SMILES string of the molecule is CN1CCC(OC(=O)[C@H](Cc2ccc(NC(=O)c3c(Cl)cncc3Cl)cc2)N=C2C(Br)C(=O)C23CCCCC3)C1. The van der Waals surface area contributed by atoms with Gasteiger partial charge in [-0.15, -0.1) is 0 Å². The fourth-order valence-electron chi connectivity index (χ4n) is 5.86. The number of hydrogen-bond donors (Lipinski definition) is 1. The number of benzene rings is 1. The number of halogens is 3. The molecule has 0 radical (unpaired) electrons. The first-order valence-electron chi connectivity index (χ1n) is 13.5. The minimum Gasteiger partial charge on any atom is -0.459 e. The normalized spacial score (nSPS) is 24.1. The first-order valence-corrected chi connectivity index (χ1v) is 15.2. The second kappa shape index (κ2) is 12.3. The summed E-state index contributed by atoms with van der Waals surface area (Å²) in [5, 5.41) is 3.11. The predicted octanol–water partition coefficient (Wildman–Crippen LogP) is 5.54. The first kappa shape index (κ1) is 29.2. The third-order valence-electron chi connectivity index (χ3n) is 8.06. The van der Waals surface area contributed by atoms with Gasteiger partial charge in [0.05, 0.1) is 21.0 Å². The molecule has 2 aromatic rings. The first-order chi connectivity index (χ1) is 19.2. The fourth-order valence-corrected chi connectivity index (χ4v) is 7.39. The highest BCUT2D eigenvalue weighted by Crippen LogP contribution is 2.49. The smallest absolute Gasteiger partial charge is 0.331 e. The number of esters is 1. The van der Waals surface area contributed by atoms with Gasteiger partial charge in [0.2, 0.25) is 0 Å². The zero-order chi connectivity index (χ0) is 28.4. The molecule has 2 aliphatic carbocycles. The molecule has 3 aliphatic rings. The van der Waals surface area contributed by atoms with Crippen molar-refractivity contribution < 1.29 is 19.1 Å². The topological polar surface area (TPSA) is 101 Å². The number of ketones is 1. The van der Waals surface area contributed by atoms with Crippen LogP contribution in [0.5, 0.6) is 0 Å². The van der Waals surface area contributed by atoms with E-state index in [4.69, 9.17) is 32.9 Å². The summed E-state index contributed by atoms with van der Waals surface area (Å²) in [6.45, 7) is 1.57. The van der Waals surface area contributed by atoms with E-state index in [9.17, 15) is 14.4 Å². The second-order valence-corrected chi connectivity index (χ2v) is 12.6. The van der Waals surface area contributed by atoms with Crippen LogP contribution < -0.4 is 5.32 Å². The van der Waals surface area contributed by atoms with Crippen molar-refractivity contribution in [2.75, 3.05) is 25.5 Å². The van der Waals surface area contributed by atoms with Gasteiger partial charge < -0.3 is 15.0 Å². The van der Waals surface area contributed by atoms with Gasteiger partial charge in [0.15, 0.2) is 11.8 Å². The van der Waals surface area contributed by atoms with Gasteiger partial charge in [0.25, 0.3) is 5.91 Å². The van der Waals surface area contributed by atoms with Crippen LogP contribution in [0.25, 0.3) is 0 Å². The van der Waals surface area contributed by atoms with Crippen molar-refractivity contribution in [2.24, 2.45) is 10.4 Å². The maximum atomic E-state index is 13.4. The lowest BCUT2D eigenvalue weighted by Crippen LogP contribution is -2.61. The number of nitrogens with one attached hydrogen (secondary N) is 1. The Bertz CT molecular complexity index is 1310. The molecule has 5 rings (SSSR count). The van der Waals surface area contributed by atoms with Gasteiger partial charge in [0, 0.05) is 43.3 Å². The van der Waals surface area contributed by atoms with E-state index in [0.29, 0.717) is 18.7 Å². The number of ether oxygens (including phenoxy) is 1. The summed E-state index contributed by atoms with van der Waals surface area (Å²) >= 11 is 15.7. The Kier molecular flexibility index (Phi) is 8.95. The predicted molar refractivity (Wildman–Crippen MR) is 159 cm³/mol. The highest BCUT2D eigenvalue weighted by molar-refractivity contribution is 9.10. The van der Waals surface area contributed by atoms with Gasteiger partial charge in [-0.2, -0.15) is 0 Å². The zero-order valence-corrected chi connectivity index (χ0v) is 25.3. The van der Waals surface area contributed by atoms with Crippen molar-refractivity contribution in [3.05, 3.63) is 57.8 Å². The molecule has 2 unspecified atom stereocenters. The maximum Gasteiger partial charge on any atom is 0.331 e. The van der Waals surface area contributed by atoms with Gasteiger partial charge in [-0.05, 0) is 44.0 Å². The number of hydrogen-bond acceptors (Lipinski definition) is 7. The summed E-state index contributed by atoms with van der Waals surface area (Å²) in [4.78, 5) is 49.6. The van der Waals surface area contributed by atoms with Gasteiger partial charge in [0.1, 0.15) is 10.9 Å². The highest BCUT2D eigenvalue weighted by Gasteiger charge is 2.58. The van der Waals surface area contributed by atoms with Crippen molar-refractivity contribution in [3.8, 4) is 0 Å². The second-order valence-electron chi connectivity index (χ2n) is 10.8. The van der Waals surface area contributed by atoms with Gasteiger partial charge >= 0.3 is 5.97 Å². The number of likely N-dealkylation sites (N-methyl/N-ethyl adjacent to an activating group) is 1. The van der Waals surface area contributed by atoms with Crippen LogP contribution in [0.15, 0.2) is 41.7 Å². The summed E-state index contributed by atoms with van der Waals surface area (Å²) < 4.78 is 5.90. The fraction of sp³-hybridized carbons (Fsp3) is 0.483. The van der Waals surface area contributed by atoms with Crippen molar-refractivity contribution in [2.45, 2.75) is 61.9 Å². The molecule has 212 valence electrons. The van der Waals surface area contributed by atoms with E-state index in [1.165, 1.54) is 12.4 Å². The number of aliphatic imine (C=N–C) groups is 1. The molecule has 11 heteroatoms. The lowest BCUT2D eigenvalue weighted by atomic mass is 9.58. The van der Waals surface area contributed by atoms with Crippen LogP contribution >= 0.6 is 39.1 Å². The van der Waals surface area contributed by atoms with Crippen LogP contribution in [0.3, 0.4) is 0 Å². The van der Waals surface area contributed by atoms with E-state index in [1.807, 2.05) is 19.2 Å². The Morgan fingerprint density at radius 3 is 2.48 bits per heavy atom. The number of amides is 1. The molecule has 8 nitrogen and oxygen atoms in total. The van der Waals surface area contributed by atoms with Crippen molar-refractivity contribution >= 4 is 68.2 Å². The van der Waals surface area contributed by atoms with E-state index in [-0.39, 0.29) is 33.5 Å². The summed E-state index contributed by atoms with van der Waals surface area (Å²) in [7, 11) is 2.00. The number of Topliss-reactive ketones (excluding diaryl/α,β-unsaturated/α-hetero) is 1. The standard InChI is InChI=1S/C29H31BrCl2N4O4/c1-36-12-9-19(16-36)40-28(39)22(35-25-24(30)26(37)29(25)10-3-2-4-11-29)13-17-5-7-18(8-6-17)34-27(38)23-20(31)14-33-15-21(23)32/h5-8,14-15,19,22,24H,2-4,9-13,16H2,1H3,(H,34,38)/t19?,22-,24?/m0/s1. The van der Waals surface area contributed by atoms with Crippen LogP contribution in [0.2, 0.25) is 10.0 Å². The number of nitrogens with zero attached hydrogens (tertiary/aromatic N) is 3. The number of carbonyl (C=O) groups is 3. The number of pyridine rings is 1. The molecule has 1 aliphatic heterocycles. The molecule has 0 bridgehead atoms. The van der Waals surface area contributed by atoms with Gasteiger partial charge in [-0.25, -0.2) is 4.79 Å². The summed E-state index contributed by atoms with van der Waals surface area (Å²) in [6.07, 6.45) is 8.29. The molecule has 1 aromatic heterocycles. The molecule has 1 N–H and O–H groups in total. The molecule has 2 saturated carbocycles. The number of alkyl halides is 1. The number of likely N-dealkylation sites (tertiary alicyclic amines) is 1. The van der Waals surface area contributed by atoms with E-state index in [0.717, 1.165) is 56.3 Å². The molecule has 1 aromatic carbocycles. The molecule has 1 amide bonds. The molecule has 1 saturated heterocycles. The monoisotopic (exact) mass is 648 g/mol. The third-order valence-corrected chi connectivity index (χ3v) is 9.48. The largest absolute Gasteiger partial charge is 0.459 e. The molecular weight excluding hydrogens is 619 g/mol. The van der Waals surface area contributed by atoms with Crippen LogP contribution in [-0.4, -0.2) is 70.4 Å². The Morgan fingerprint density at radius 2 is 1.85 bits per heavy atom. The van der Waals surface area contributed by atoms with E-state index < -0.39 is 22.2 Å². The van der Waals surface area contributed by atoms with Crippen LogP contribution in [0, 0.1) is 5.41 Å². The van der Waals surface area contributed by atoms with Crippen molar-refractivity contribution in [1.29, 1.82) is 0 Å². The highest BCUT2D eigenvalue weighted by atomic mass is 79.9. The number of anilines is 1. The van der Waals surface area contributed by atoms with Crippen LogP contribution in [-0.2, 0) is 20.7 Å². The Morgan fingerprint density at radius 1 is 1.18 bits per heavy atom. The van der Waals surface area contributed by atoms with Crippen LogP contribution in [0.4, 0.5) is 5.69 Å². The van der Waals surface area contributed by atoms with Crippen LogP contribution in [0.1, 0.15) is 54.4 Å². The van der Waals surface area contributed by atoms with Gasteiger partial charge in [-0.3, -0.25) is 19.6 Å². The summed E-state index contributed by atoms with van der Waals surface area (Å²) in [6, 6.07) is 6.40. The van der Waals surface area contributed by atoms with Crippen molar-refractivity contribution in [1.82, 2.24) is 9.88 Å². The third kappa shape index (κ3) is 5.98. The van der Waals surface area contributed by atoms with E-state index in [2.05, 4.69) is 31.1 Å². The Hall–Kier alpha value is -2.33. The maximum absolute atomic E-state index is 13.4. The quantitative estimate of drug-likeness (QED) is 0.312. The minimum atomic E-state index is -0.775. The molecule has 3 fully saturated rings.